The Hall–Kier alpha value is -1.75. The minimum absolute atomic E-state index is 0.0195. The normalized spacial score (nSPS) is 26.3. The summed E-state index contributed by atoms with van der Waals surface area (Å²) in [4.78, 5) is 24.2. The van der Waals surface area contributed by atoms with E-state index in [0.29, 0.717) is 17.2 Å². The van der Waals surface area contributed by atoms with Crippen LogP contribution in [-0.2, 0) is 9.59 Å². The average molecular weight is 379 g/mol. The molecule has 0 saturated heterocycles. The van der Waals surface area contributed by atoms with Crippen molar-refractivity contribution in [1.29, 1.82) is 0 Å². The Labute approximate surface area is 159 Å². The third kappa shape index (κ3) is 4.50. The highest BCUT2D eigenvalue weighted by molar-refractivity contribution is 6.30. The number of ether oxygens (including phenoxy) is 1. The summed E-state index contributed by atoms with van der Waals surface area (Å²) in [5.74, 6) is 0.600. The van der Waals surface area contributed by atoms with E-state index in [0.717, 1.165) is 25.7 Å². The topological polar surface area (TPSA) is 67.4 Å². The van der Waals surface area contributed by atoms with Gasteiger partial charge in [-0.15, -0.1) is 0 Å². The molecule has 2 bridgehead atoms. The van der Waals surface area contributed by atoms with Gasteiger partial charge in [0.1, 0.15) is 5.75 Å². The van der Waals surface area contributed by atoms with Crippen molar-refractivity contribution in [3.63, 3.8) is 0 Å². The number of rotatable bonds is 7. The Morgan fingerprint density at radius 3 is 2.12 bits per heavy atom. The predicted molar refractivity (Wildman–Crippen MR) is 101 cm³/mol. The molecular formula is C20H27ClN2O3. The molecule has 5 nitrogen and oxygen atoms in total. The molecule has 142 valence electrons. The van der Waals surface area contributed by atoms with E-state index in [4.69, 9.17) is 16.3 Å². The van der Waals surface area contributed by atoms with Crippen molar-refractivity contribution in [2.45, 2.75) is 64.0 Å². The van der Waals surface area contributed by atoms with Gasteiger partial charge in [-0.3, -0.25) is 9.59 Å². The van der Waals surface area contributed by atoms with Crippen molar-refractivity contribution in [2.75, 3.05) is 6.61 Å². The maximum Gasteiger partial charge on any atom is 0.258 e. The van der Waals surface area contributed by atoms with Crippen molar-refractivity contribution in [1.82, 2.24) is 10.6 Å². The predicted octanol–water partition coefficient (Wildman–Crippen LogP) is 3.45. The molecule has 0 atom stereocenters. The van der Waals surface area contributed by atoms with Crippen LogP contribution < -0.4 is 15.4 Å². The van der Waals surface area contributed by atoms with E-state index in [2.05, 4.69) is 31.4 Å². The SMILES string of the molecule is CC(C)(C)CCC(=O)NC12CC(NC(=O)COc3ccc(Cl)cc3)(C1)C2. The lowest BCUT2D eigenvalue weighted by molar-refractivity contribution is -0.150. The smallest absolute Gasteiger partial charge is 0.258 e. The molecule has 0 radical (unpaired) electrons. The molecule has 26 heavy (non-hydrogen) atoms. The molecule has 3 saturated carbocycles. The fraction of sp³-hybridized carbons (Fsp3) is 0.600. The quantitative estimate of drug-likeness (QED) is 0.763. The van der Waals surface area contributed by atoms with E-state index < -0.39 is 0 Å². The summed E-state index contributed by atoms with van der Waals surface area (Å²) in [7, 11) is 0. The van der Waals surface area contributed by atoms with Crippen molar-refractivity contribution in [2.24, 2.45) is 5.41 Å². The van der Waals surface area contributed by atoms with Gasteiger partial charge in [-0.1, -0.05) is 32.4 Å². The first-order chi connectivity index (χ1) is 12.1. The maximum absolute atomic E-state index is 12.1. The summed E-state index contributed by atoms with van der Waals surface area (Å²) in [5.41, 5.74) is -0.0902. The summed E-state index contributed by atoms with van der Waals surface area (Å²) in [6, 6.07) is 6.92. The molecule has 0 spiro atoms. The fourth-order valence-corrected chi connectivity index (χ4v) is 4.04. The standard InChI is InChI=1S/C20H27ClN2O3/c1-18(2,3)9-8-16(24)22-19-11-20(12-19,13-19)23-17(25)10-26-15-6-4-14(21)5-7-15/h4-7H,8-13H2,1-3H3,(H,22,24)(H,23,25). The van der Waals surface area contributed by atoms with Crippen LogP contribution in [-0.4, -0.2) is 29.5 Å². The Morgan fingerprint density at radius 2 is 1.58 bits per heavy atom. The number of amides is 2. The number of halogens is 1. The second-order valence-corrected chi connectivity index (χ2v) is 9.43. The van der Waals surface area contributed by atoms with Crippen molar-refractivity contribution in [3.05, 3.63) is 29.3 Å². The number of carbonyl (C=O) groups is 2. The minimum Gasteiger partial charge on any atom is -0.484 e. The number of carbonyl (C=O) groups excluding carboxylic acids is 2. The largest absolute Gasteiger partial charge is 0.484 e. The Morgan fingerprint density at radius 1 is 1.04 bits per heavy atom. The second kappa shape index (κ2) is 6.76. The van der Waals surface area contributed by atoms with Gasteiger partial charge in [0.25, 0.3) is 5.91 Å². The number of hydrogen-bond donors (Lipinski definition) is 2. The van der Waals surface area contributed by atoms with Crippen LogP contribution in [0.15, 0.2) is 24.3 Å². The first-order valence-electron chi connectivity index (χ1n) is 9.09. The zero-order valence-electron chi connectivity index (χ0n) is 15.7. The van der Waals surface area contributed by atoms with E-state index in [1.54, 1.807) is 24.3 Å². The van der Waals surface area contributed by atoms with Gasteiger partial charge < -0.3 is 15.4 Å². The highest BCUT2D eigenvalue weighted by Gasteiger charge is 2.69. The van der Waals surface area contributed by atoms with Gasteiger partial charge in [-0.2, -0.15) is 0 Å². The van der Waals surface area contributed by atoms with Crippen LogP contribution in [0.4, 0.5) is 0 Å². The third-order valence-electron chi connectivity index (χ3n) is 5.13. The summed E-state index contributed by atoms with van der Waals surface area (Å²) >= 11 is 5.82. The van der Waals surface area contributed by atoms with Crippen LogP contribution in [0, 0.1) is 5.41 Å². The second-order valence-electron chi connectivity index (χ2n) is 8.99. The van der Waals surface area contributed by atoms with Gasteiger partial charge in [0.2, 0.25) is 5.91 Å². The average Bonchev–Trinajstić information content (AvgIpc) is 2.48. The van der Waals surface area contributed by atoms with Crippen LogP contribution in [0.2, 0.25) is 5.02 Å². The first-order valence-corrected chi connectivity index (χ1v) is 9.47. The van der Waals surface area contributed by atoms with E-state index in [1.807, 2.05) is 0 Å². The van der Waals surface area contributed by atoms with E-state index >= 15 is 0 Å². The zero-order valence-corrected chi connectivity index (χ0v) is 16.4. The lowest BCUT2D eigenvalue weighted by Crippen LogP contribution is -2.84. The molecule has 3 aliphatic carbocycles. The van der Waals surface area contributed by atoms with Gasteiger partial charge in [-0.25, -0.2) is 0 Å². The molecule has 2 N–H and O–H groups in total. The lowest BCUT2D eigenvalue weighted by atomic mass is 9.44. The number of benzene rings is 1. The molecular weight excluding hydrogens is 352 g/mol. The van der Waals surface area contributed by atoms with Gasteiger partial charge in [-0.05, 0) is 55.4 Å². The third-order valence-corrected chi connectivity index (χ3v) is 5.38. The molecule has 0 aromatic heterocycles. The summed E-state index contributed by atoms with van der Waals surface area (Å²) in [6.07, 6.45) is 3.87. The van der Waals surface area contributed by atoms with Crippen molar-refractivity contribution < 1.29 is 14.3 Å². The Kier molecular flexibility index (Phi) is 4.95. The molecule has 0 unspecified atom stereocenters. The van der Waals surface area contributed by atoms with Crippen LogP contribution in [0.3, 0.4) is 0 Å². The molecule has 3 fully saturated rings. The Balaban J connectivity index is 1.36. The van der Waals surface area contributed by atoms with Crippen LogP contribution >= 0.6 is 11.6 Å². The lowest BCUT2D eigenvalue weighted by Gasteiger charge is -2.70. The van der Waals surface area contributed by atoms with Crippen molar-refractivity contribution >= 4 is 23.4 Å². The van der Waals surface area contributed by atoms with E-state index in [1.165, 1.54) is 0 Å². The van der Waals surface area contributed by atoms with Gasteiger partial charge in [0, 0.05) is 22.5 Å². The minimum atomic E-state index is -0.155. The molecule has 1 aromatic rings. The maximum atomic E-state index is 12.1. The van der Waals surface area contributed by atoms with Gasteiger partial charge in [0.15, 0.2) is 6.61 Å². The summed E-state index contributed by atoms with van der Waals surface area (Å²) in [5, 5.41) is 6.84. The monoisotopic (exact) mass is 378 g/mol. The highest BCUT2D eigenvalue weighted by atomic mass is 35.5. The molecule has 0 aliphatic heterocycles. The van der Waals surface area contributed by atoms with E-state index in [9.17, 15) is 9.59 Å². The number of nitrogens with one attached hydrogen (secondary N) is 2. The summed E-state index contributed by atoms with van der Waals surface area (Å²) in [6.45, 7) is 6.39. The molecule has 0 heterocycles. The highest BCUT2D eigenvalue weighted by Crippen LogP contribution is 2.60. The van der Waals surface area contributed by atoms with Crippen molar-refractivity contribution in [3.8, 4) is 5.75 Å². The number of hydrogen-bond acceptors (Lipinski definition) is 3. The molecule has 3 aliphatic rings. The Bertz CT molecular complexity index is 674. The van der Waals surface area contributed by atoms with Gasteiger partial charge >= 0.3 is 0 Å². The van der Waals surface area contributed by atoms with Crippen LogP contribution in [0.1, 0.15) is 52.9 Å². The van der Waals surface area contributed by atoms with Crippen LogP contribution in [0.5, 0.6) is 5.75 Å². The van der Waals surface area contributed by atoms with Gasteiger partial charge in [0.05, 0.1) is 0 Å². The molecule has 2 amide bonds. The molecule has 4 rings (SSSR count). The summed E-state index contributed by atoms with van der Waals surface area (Å²) < 4.78 is 5.47. The van der Waals surface area contributed by atoms with E-state index in [-0.39, 0.29) is 34.9 Å². The first kappa shape index (κ1) is 19.0. The van der Waals surface area contributed by atoms with Crippen LogP contribution in [0.25, 0.3) is 0 Å². The molecule has 1 aromatic carbocycles. The fourth-order valence-electron chi connectivity index (χ4n) is 3.91. The molecule has 6 heteroatoms. The zero-order chi connectivity index (χ0) is 19.0.